The van der Waals surface area contributed by atoms with Gasteiger partial charge in [-0.2, -0.15) is 0 Å². The Bertz CT molecular complexity index is 667. The zero-order chi connectivity index (χ0) is 23.2. The Morgan fingerprint density at radius 1 is 0.900 bits per heavy atom. The van der Waals surface area contributed by atoms with E-state index in [-0.39, 0.29) is 0 Å². The monoisotopic (exact) mass is 431 g/mol. The molecule has 4 heteroatoms. The Hall–Kier alpha value is -2.20. The van der Waals surface area contributed by atoms with E-state index in [1.807, 2.05) is 26.0 Å². The van der Waals surface area contributed by atoms with E-state index in [0.717, 1.165) is 18.4 Å². The summed E-state index contributed by atoms with van der Waals surface area (Å²) in [5.41, 5.74) is 2.42. The van der Waals surface area contributed by atoms with Crippen molar-refractivity contribution in [1.82, 2.24) is 4.72 Å². The summed E-state index contributed by atoms with van der Waals surface area (Å²) in [5, 5.41) is 0. The highest BCUT2D eigenvalue weighted by atomic mass is 32.2. The predicted molar refractivity (Wildman–Crippen MR) is 136 cm³/mol. The van der Waals surface area contributed by atoms with Gasteiger partial charge in [0, 0.05) is 11.8 Å². The highest BCUT2D eigenvalue weighted by molar-refractivity contribution is 7.82. The van der Waals surface area contributed by atoms with Crippen molar-refractivity contribution >= 4 is 16.9 Å². The molecule has 0 rings (SSSR count). The molecule has 0 radical (unpaired) electrons. The van der Waals surface area contributed by atoms with Crippen molar-refractivity contribution < 1.29 is 9.00 Å². The summed E-state index contributed by atoms with van der Waals surface area (Å²) in [5.74, 6) is -0.421. The van der Waals surface area contributed by atoms with Gasteiger partial charge in [0.1, 0.15) is 11.0 Å². The highest BCUT2D eigenvalue weighted by Crippen LogP contribution is 2.14. The number of unbranched alkanes of at least 4 members (excludes halogenated alkanes) is 5. The summed E-state index contributed by atoms with van der Waals surface area (Å²) < 4.78 is 13.5. The van der Waals surface area contributed by atoms with Crippen LogP contribution in [-0.2, 0) is 15.8 Å². The summed E-state index contributed by atoms with van der Waals surface area (Å²) >= 11 is 0. The quantitative estimate of drug-likeness (QED) is 0.171. The second-order valence-corrected chi connectivity index (χ2v) is 7.52. The third kappa shape index (κ3) is 16.7. The molecule has 0 aromatic heterocycles. The molecule has 0 bridgehead atoms. The van der Waals surface area contributed by atoms with Gasteiger partial charge in [0.25, 0.3) is 5.91 Å². The van der Waals surface area contributed by atoms with Crippen molar-refractivity contribution in [2.24, 2.45) is 0 Å². The van der Waals surface area contributed by atoms with Crippen LogP contribution in [0.4, 0.5) is 0 Å². The molecule has 0 aromatic carbocycles. The summed E-state index contributed by atoms with van der Waals surface area (Å²) in [6.45, 7) is 17.5. The molecule has 0 aromatic rings. The van der Waals surface area contributed by atoms with Gasteiger partial charge in [0.05, 0.1) is 0 Å². The first kappa shape index (κ1) is 30.0. The van der Waals surface area contributed by atoms with E-state index in [2.05, 4.69) is 37.5 Å². The molecule has 168 valence electrons. The third-order valence-corrected chi connectivity index (χ3v) is 4.52. The number of hydrogen-bond donors (Lipinski definition) is 1. The van der Waals surface area contributed by atoms with Gasteiger partial charge in [0.15, 0.2) is 0 Å². The molecular formula is C26H41NO2S. The van der Waals surface area contributed by atoms with Crippen molar-refractivity contribution in [3.63, 3.8) is 0 Å². The van der Waals surface area contributed by atoms with Crippen LogP contribution in [0.1, 0.15) is 65.7 Å². The minimum Gasteiger partial charge on any atom is -0.271 e. The summed E-state index contributed by atoms with van der Waals surface area (Å²) in [6, 6.07) is 0. The molecule has 1 atom stereocenters. The molecular weight excluding hydrogens is 390 g/mol. The number of carbonyl (C=O) groups excluding carboxylic acids is 1. The normalized spacial score (nSPS) is 13.3. The molecule has 0 aliphatic rings. The zero-order valence-corrected chi connectivity index (χ0v) is 20.2. The van der Waals surface area contributed by atoms with Crippen molar-refractivity contribution in [2.45, 2.75) is 65.7 Å². The molecule has 0 saturated carbocycles. The fourth-order valence-corrected chi connectivity index (χ4v) is 2.87. The van der Waals surface area contributed by atoms with Crippen LogP contribution in [0.15, 0.2) is 85.1 Å². The molecule has 0 spiro atoms. The zero-order valence-electron chi connectivity index (χ0n) is 19.4. The number of rotatable bonds is 15. The van der Waals surface area contributed by atoms with E-state index in [0.29, 0.717) is 5.57 Å². The number of amides is 1. The summed E-state index contributed by atoms with van der Waals surface area (Å²) in [6.07, 6.45) is 24.4. The Balaban J connectivity index is 0. The number of nitrogens with one attached hydrogen (secondary N) is 1. The first-order valence-corrected chi connectivity index (χ1v) is 12.3. The van der Waals surface area contributed by atoms with Gasteiger partial charge >= 0.3 is 0 Å². The fraction of sp³-hybridized carbons (Fsp3) is 0.423. The summed E-state index contributed by atoms with van der Waals surface area (Å²) in [4.78, 5) is 11.9. The molecule has 0 heterocycles. The number of hydrogen-bond acceptors (Lipinski definition) is 2. The predicted octanol–water partition coefficient (Wildman–Crippen LogP) is 7.07. The van der Waals surface area contributed by atoms with Gasteiger partial charge in [-0.3, -0.25) is 9.52 Å². The molecule has 1 N–H and O–H groups in total. The van der Waals surface area contributed by atoms with E-state index >= 15 is 0 Å². The second-order valence-electron chi connectivity index (χ2n) is 6.41. The van der Waals surface area contributed by atoms with Gasteiger partial charge < -0.3 is 0 Å². The topological polar surface area (TPSA) is 46.2 Å². The lowest BCUT2D eigenvalue weighted by Crippen LogP contribution is -2.25. The Kier molecular flexibility index (Phi) is 21.5. The number of carbonyl (C=O) groups is 1. The lowest BCUT2D eigenvalue weighted by Gasteiger charge is -2.03. The highest BCUT2D eigenvalue weighted by Gasteiger charge is 2.05. The molecule has 0 aliphatic heterocycles. The first-order chi connectivity index (χ1) is 14.5. The molecule has 0 saturated heterocycles. The first-order valence-electron chi connectivity index (χ1n) is 10.8. The minimum absolute atomic E-state index is 0.344. The van der Waals surface area contributed by atoms with E-state index in [4.69, 9.17) is 0 Å². The Morgan fingerprint density at radius 2 is 1.53 bits per heavy atom. The molecule has 0 aliphatic carbocycles. The molecule has 1 unspecified atom stereocenters. The average Bonchev–Trinajstić information content (AvgIpc) is 2.73. The largest absolute Gasteiger partial charge is 0.271 e. The van der Waals surface area contributed by atoms with Gasteiger partial charge in [-0.05, 0) is 30.1 Å². The molecule has 0 fully saturated rings. The standard InChI is InChI=1S/C24H35NO2S.C2H6/c1-6-10-11-12-13-14-16-22(15-7-2)18-17-21(8-3)19-20-23(9-4)24(26)25-28(5)27;1-2/h7-9,15,17-20H,2-4,6,10-14,16H2,1,5H3,(H,25,26);1-2H3/b18-17-,21-19-,22-15-,23-20+;. The van der Waals surface area contributed by atoms with Crippen molar-refractivity contribution in [3.8, 4) is 0 Å². The maximum absolute atomic E-state index is 11.9. The van der Waals surface area contributed by atoms with Crippen molar-refractivity contribution in [3.05, 3.63) is 85.1 Å². The SMILES string of the molecule is C=C\C=C(/C=C\C(C=C)=C/C=C(\C=C)C(=O)NS(C)=O)CCCCCCCC.CC. The van der Waals surface area contributed by atoms with Crippen LogP contribution in [0.5, 0.6) is 0 Å². The smallest absolute Gasteiger partial charge is 0.262 e. The van der Waals surface area contributed by atoms with E-state index in [1.165, 1.54) is 50.0 Å². The molecule has 30 heavy (non-hydrogen) atoms. The minimum atomic E-state index is -1.41. The van der Waals surface area contributed by atoms with Crippen LogP contribution in [0, 0.1) is 0 Å². The Morgan fingerprint density at radius 3 is 2.07 bits per heavy atom. The van der Waals surface area contributed by atoms with Crippen LogP contribution in [0.3, 0.4) is 0 Å². The van der Waals surface area contributed by atoms with Gasteiger partial charge in [-0.1, -0.05) is 115 Å². The molecule has 1 amide bonds. The average molecular weight is 432 g/mol. The van der Waals surface area contributed by atoms with Crippen LogP contribution in [0.25, 0.3) is 0 Å². The maximum Gasteiger partial charge on any atom is 0.262 e. The van der Waals surface area contributed by atoms with Gasteiger partial charge in [-0.25, -0.2) is 4.21 Å². The summed E-state index contributed by atoms with van der Waals surface area (Å²) in [7, 11) is -1.41. The number of allylic oxidation sites excluding steroid dienone is 9. The van der Waals surface area contributed by atoms with E-state index in [1.54, 1.807) is 24.3 Å². The Labute approximate surface area is 187 Å². The third-order valence-electron chi connectivity index (χ3n) is 4.05. The van der Waals surface area contributed by atoms with Crippen LogP contribution in [0.2, 0.25) is 0 Å². The van der Waals surface area contributed by atoms with Gasteiger partial charge in [0.2, 0.25) is 0 Å². The van der Waals surface area contributed by atoms with E-state index < -0.39 is 16.9 Å². The van der Waals surface area contributed by atoms with Crippen molar-refractivity contribution in [1.29, 1.82) is 0 Å². The van der Waals surface area contributed by atoms with Gasteiger partial charge in [-0.15, -0.1) is 0 Å². The second kappa shape index (κ2) is 21.5. The lowest BCUT2D eigenvalue weighted by atomic mass is 10.0. The molecule has 3 nitrogen and oxygen atoms in total. The maximum atomic E-state index is 11.9. The fourth-order valence-electron chi connectivity index (χ4n) is 2.49. The van der Waals surface area contributed by atoms with E-state index in [9.17, 15) is 9.00 Å². The van der Waals surface area contributed by atoms with Crippen LogP contribution in [-0.4, -0.2) is 16.4 Å². The van der Waals surface area contributed by atoms with Crippen molar-refractivity contribution in [2.75, 3.05) is 6.26 Å². The van der Waals surface area contributed by atoms with Crippen LogP contribution >= 0.6 is 0 Å². The lowest BCUT2D eigenvalue weighted by molar-refractivity contribution is -0.115. The van der Waals surface area contributed by atoms with Crippen LogP contribution < -0.4 is 4.72 Å².